The van der Waals surface area contributed by atoms with E-state index in [9.17, 15) is 14.7 Å². The first kappa shape index (κ1) is 20.2. The highest BCUT2D eigenvalue weighted by atomic mass is 16.5. The first-order valence-electron chi connectivity index (χ1n) is 8.33. The van der Waals surface area contributed by atoms with Gasteiger partial charge in [-0.2, -0.15) is 0 Å². The second-order valence-corrected chi connectivity index (χ2v) is 7.52. The summed E-state index contributed by atoms with van der Waals surface area (Å²) in [6.07, 6.45) is 1.27. The fraction of sp³-hybridized carbons (Fsp3) is 0.579. The van der Waals surface area contributed by atoms with E-state index in [0.717, 1.165) is 12.0 Å². The summed E-state index contributed by atoms with van der Waals surface area (Å²) in [6.45, 7) is 10.6. The molecule has 0 radical (unpaired) electrons. The van der Waals surface area contributed by atoms with E-state index in [0.29, 0.717) is 18.6 Å². The third-order valence-electron chi connectivity index (χ3n) is 3.59. The minimum Gasteiger partial charge on any atom is -0.480 e. The van der Waals surface area contributed by atoms with Crippen molar-refractivity contribution in [2.45, 2.75) is 66.2 Å². The lowest BCUT2D eigenvalue weighted by atomic mass is 9.88. The number of aliphatic carboxylic acids is 1. The second-order valence-electron chi connectivity index (χ2n) is 7.52. The molecule has 1 atom stereocenters. The van der Waals surface area contributed by atoms with Gasteiger partial charge in [-0.05, 0) is 49.8 Å². The molecular weight excluding hydrogens is 306 g/mol. The highest BCUT2D eigenvalue weighted by Gasteiger charge is 2.23. The van der Waals surface area contributed by atoms with E-state index in [1.807, 2.05) is 46.8 Å². The van der Waals surface area contributed by atoms with Crippen LogP contribution in [0, 0.1) is 5.41 Å². The van der Waals surface area contributed by atoms with Gasteiger partial charge in [0.05, 0.1) is 12.7 Å². The summed E-state index contributed by atoms with van der Waals surface area (Å²) in [5, 5.41) is 11.9. The number of ether oxygens (including phenoxy) is 1. The Morgan fingerprint density at radius 3 is 2.21 bits per heavy atom. The van der Waals surface area contributed by atoms with Crippen molar-refractivity contribution in [2.75, 3.05) is 0 Å². The molecule has 0 saturated heterocycles. The van der Waals surface area contributed by atoms with Gasteiger partial charge in [0.15, 0.2) is 0 Å². The number of hydrogen-bond acceptors (Lipinski definition) is 3. The summed E-state index contributed by atoms with van der Waals surface area (Å²) >= 11 is 0. The minimum absolute atomic E-state index is 0.0243. The van der Waals surface area contributed by atoms with Crippen LogP contribution in [0.5, 0.6) is 0 Å². The van der Waals surface area contributed by atoms with Crippen LogP contribution in [0.15, 0.2) is 24.3 Å². The topological polar surface area (TPSA) is 75.6 Å². The number of benzene rings is 1. The zero-order valence-electron chi connectivity index (χ0n) is 15.3. The molecule has 1 aromatic carbocycles. The molecule has 0 aromatic heterocycles. The number of carboxylic acid groups (broad SMARTS) is 1. The number of hydrogen-bond donors (Lipinski definition) is 2. The Bertz CT molecular complexity index is 543. The third-order valence-corrected chi connectivity index (χ3v) is 3.59. The first-order chi connectivity index (χ1) is 11.1. The highest BCUT2D eigenvalue weighted by molar-refractivity contribution is 5.96. The number of carbonyl (C=O) groups is 2. The van der Waals surface area contributed by atoms with Crippen LogP contribution >= 0.6 is 0 Å². The van der Waals surface area contributed by atoms with E-state index in [1.165, 1.54) is 0 Å². The van der Waals surface area contributed by atoms with Crippen molar-refractivity contribution >= 4 is 11.9 Å². The molecule has 0 aliphatic rings. The maximum atomic E-state index is 12.3. The summed E-state index contributed by atoms with van der Waals surface area (Å²) in [7, 11) is 0. The fourth-order valence-corrected chi connectivity index (χ4v) is 2.09. The predicted molar refractivity (Wildman–Crippen MR) is 93.9 cm³/mol. The molecule has 0 spiro atoms. The van der Waals surface area contributed by atoms with E-state index in [1.54, 1.807) is 12.1 Å². The van der Waals surface area contributed by atoms with Crippen LogP contribution in [-0.2, 0) is 16.1 Å². The van der Waals surface area contributed by atoms with Gasteiger partial charge in [-0.25, -0.2) is 4.79 Å². The smallest absolute Gasteiger partial charge is 0.326 e. The van der Waals surface area contributed by atoms with Gasteiger partial charge in [0.25, 0.3) is 5.91 Å². The molecule has 5 heteroatoms. The average Bonchev–Trinajstić information content (AvgIpc) is 2.48. The SMILES string of the molecule is CC(C)OCc1ccc(C(=O)NC(CCC(C)(C)C)C(=O)O)cc1. The molecule has 0 heterocycles. The van der Waals surface area contributed by atoms with E-state index >= 15 is 0 Å². The van der Waals surface area contributed by atoms with Gasteiger partial charge in [0.1, 0.15) is 6.04 Å². The van der Waals surface area contributed by atoms with Crippen molar-refractivity contribution in [3.05, 3.63) is 35.4 Å². The predicted octanol–water partition coefficient (Wildman–Crippen LogP) is 3.62. The Kier molecular flexibility index (Phi) is 7.42. The summed E-state index contributed by atoms with van der Waals surface area (Å²) in [5.41, 5.74) is 1.45. The van der Waals surface area contributed by atoms with Gasteiger partial charge in [0.2, 0.25) is 0 Å². The molecule has 5 nitrogen and oxygen atoms in total. The molecular formula is C19H29NO4. The lowest BCUT2D eigenvalue weighted by Gasteiger charge is -2.21. The van der Waals surface area contributed by atoms with E-state index in [-0.39, 0.29) is 17.4 Å². The number of carbonyl (C=O) groups excluding carboxylic acids is 1. The van der Waals surface area contributed by atoms with Gasteiger partial charge in [-0.1, -0.05) is 32.9 Å². The molecule has 0 aliphatic heterocycles. The summed E-state index contributed by atoms with van der Waals surface area (Å²) in [5.74, 6) is -1.37. The van der Waals surface area contributed by atoms with Crippen LogP contribution in [0.2, 0.25) is 0 Å². The molecule has 1 rings (SSSR count). The zero-order valence-corrected chi connectivity index (χ0v) is 15.3. The Hall–Kier alpha value is -1.88. The minimum atomic E-state index is -1.01. The molecule has 1 aromatic rings. The van der Waals surface area contributed by atoms with Gasteiger partial charge in [-0.3, -0.25) is 4.79 Å². The number of carboxylic acids is 1. The Balaban J connectivity index is 2.65. The van der Waals surface area contributed by atoms with E-state index in [2.05, 4.69) is 5.32 Å². The number of rotatable bonds is 8. The van der Waals surface area contributed by atoms with Crippen LogP contribution in [0.3, 0.4) is 0 Å². The molecule has 134 valence electrons. The number of amides is 1. The van der Waals surface area contributed by atoms with Crippen molar-refractivity contribution in [3.8, 4) is 0 Å². The average molecular weight is 335 g/mol. The summed E-state index contributed by atoms with van der Waals surface area (Å²) in [6, 6.07) is 6.15. The standard InChI is InChI=1S/C19H29NO4/c1-13(2)24-12-14-6-8-15(9-7-14)17(21)20-16(18(22)23)10-11-19(3,4)5/h6-9,13,16H,10-12H2,1-5H3,(H,20,21)(H,22,23). The fourth-order valence-electron chi connectivity index (χ4n) is 2.09. The molecule has 1 amide bonds. The van der Waals surface area contributed by atoms with E-state index < -0.39 is 12.0 Å². The molecule has 0 fully saturated rings. The van der Waals surface area contributed by atoms with Crippen LogP contribution in [-0.4, -0.2) is 29.1 Å². The van der Waals surface area contributed by atoms with Crippen molar-refractivity contribution in [1.29, 1.82) is 0 Å². The van der Waals surface area contributed by atoms with Crippen LogP contribution in [0.25, 0.3) is 0 Å². The molecule has 0 bridgehead atoms. The second kappa shape index (κ2) is 8.83. The van der Waals surface area contributed by atoms with E-state index in [4.69, 9.17) is 4.74 Å². The lowest BCUT2D eigenvalue weighted by molar-refractivity contribution is -0.139. The lowest BCUT2D eigenvalue weighted by Crippen LogP contribution is -2.41. The quantitative estimate of drug-likeness (QED) is 0.761. The van der Waals surface area contributed by atoms with Crippen molar-refractivity contribution in [3.63, 3.8) is 0 Å². The van der Waals surface area contributed by atoms with Crippen LogP contribution in [0.4, 0.5) is 0 Å². The maximum Gasteiger partial charge on any atom is 0.326 e. The molecule has 24 heavy (non-hydrogen) atoms. The van der Waals surface area contributed by atoms with Gasteiger partial charge in [0, 0.05) is 5.56 Å². The van der Waals surface area contributed by atoms with Crippen molar-refractivity contribution in [1.82, 2.24) is 5.32 Å². The molecule has 1 unspecified atom stereocenters. The third kappa shape index (κ3) is 7.59. The van der Waals surface area contributed by atoms with Crippen molar-refractivity contribution < 1.29 is 19.4 Å². The van der Waals surface area contributed by atoms with Crippen molar-refractivity contribution in [2.24, 2.45) is 5.41 Å². The van der Waals surface area contributed by atoms with Gasteiger partial charge in [-0.15, -0.1) is 0 Å². The Morgan fingerprint density at radius 1 is 1.17 bits per heavy atom. The summed E-state index contributed by atoms with van der Waals surface area (Å²) < 4.78 is 5.51. The normalized spacial score (nSPS) is 12.9. The monoisotopic (exact) mass is 335 g/mol. The highest BCUT2D eigenvalue weighted by Crippen LogP contribution is 2.21. The number of nitrogens with one attached hydrogen (secondary N) is 1. The van der Waals surface area contributed by atoms with Crippen LogP contribution < -0.4 is 5.32 Å². The molecule has 0 aliphatic carbocycles. The van der Waals surface area contributed by atoms with Crippen LogP contribution in [0.1, 0.15) is 63.4 Å². The molecule has 2 N–H and O–H groups in total. The largest absolute Gasteiger partial charge is 0.480 e. The zero-order chi connectivity index (χ0) is 18.3. The maximum absolute atomic E-state index is 12.3. The Labute approximate surface area is 144 Å². The summed E-state index contributed by atoms with van der Waals surface area (Å²) in [4.78, 5) is 23.6. The Morgan fingerprint density at radius 2 is 1.75 bits per heavy atom. The first-order valence-corrected chi connectivity index (χ1v) is 8.33. The van der Waals surface area contributed by atoms with Gasteiger partial charge < -0.3 is 15.2 Å². The molecule has 0 saturated carbocycles. The van der Waals surface area contributed by atoms with Gasteiger partial charge >= 0.3 is 5.97 Å².